The molecule has 1 unspecified atom stereocenters. The summed E-state index contributed by atoms with van der Waals surface area (Å²) in [4.78, 5) is 14.6. The second kappa shape index (κ2) is 4.24. The molecule has 0 radical (unpaired) electrons. The summed E-state index contributed by atoms with van der Waals surface area (Å²) in [6.45, 7) is 1.68. The molecule has 1 aliphatic rings. The van der Waals surface area contributed by atoms with E-state index >= 15 is 0 Å². The predicted molar refractivity (Wildman–Crippen MR) is 58.8 cm³/mol. The van der Waals surface area contributed by atoms with E-state index in [2.05, 4.69) is 26.2 Å². The molecular formula is C9H10BrN3O2. The first-order valence-electron chi connectivity index (χ1n) is 4.69. The van der Waals surface area contributed by atoms with Crippen molar-refractivity contribution >= 4 is 21.6 Å². The maximum atomic E-state index is 10.9. The van der Waals surface area contributed by atoms with Crippen molar-refractivity contribution in [3.8, 4) is 0 Å². The van der Waals surface area contributed by atoms with Gasteiger partial charge in [-0.05, 0) is 28.9 Å². The molecule has 1 saturated heterocycles. The van der Waals surface area contributed by atoms with E-state index in [-0.39, 0.29) is 16.5 Å². The first kappa shape index (κ1) is 10.5. The van der Waals surface area contributed by atoms with Crippen molar-refractivity contribution < 1.29 is 4.92 Å². The lowest BCUT2D eigenvalue weighted by Gasteiger charge is -2.07. The van der Waals surface area contributed by atoms with Gasteiger partial charge in [0, 0.05) is 29.2 Å². The van der Waals surface area contributed by atoms with Crippen LogP contribution in [0.15, 0.2) is 16.7 Å². The smallest absolute Gasteiger partial charge is 0.292 e. The Morgan fingerprint density at radius 2 is 2.47 bits per heavy atom. The Morgan fingerprint density at radius 1 is 1.67 bits per heavy atom. The number of pyridine rings is 1. The number of aromatic nitrogens is 1. The SMILES string of the molecule is O=[N+]([O-])c1cc(Br)cnc1C1CCNC1. The van der Waals surface area contributed by atoms with Gasteiger partial charge in [-0.2, -0.15) is 0 Å². The molecule has 2 rings (SSSR count). The van der Waals surface area contributed by atoms with Gasteiger partial charge in [0.25, 0.3) is 5.69 Å². The van der Waals surface area contributed by atoms with Crippen LogP contribution in [0.5, 0.6) is 0 Å². The topological polar surface area (TPSA) is 68.1 Å². The first-order chi connectivity index (χ1) is 7.18. The first-order valence-corrected chi connectivity index (χ1v) is 5.48. The van der Waals surface area contributed by atoms with Gasteiger partial charge in [0.05, 0.1) is 4.92 Å². The number of nitrogens with one attached hydrogen (secondary N) is 1. The van der Waals surface area contributed by atoms with Gasteiger partial charge in [0.1, 0.15) is 5.69 Å². The van der Waals surface area contributed by atoms with E-state index in [1.54, 1.807) is 6.20 Å². The Labute approximate surface area is 95.2 Å². The molecule has 5 nitrogen and oxygen atoms in total. The number of hydrogen-bond donors (Lipinski definition) is 1. The summed E-state index contributed by atoms with van der Waals surface area (Å²) < 4.78 is 0.643. The number of rotatable bonds is 2. The maximum Gasteiger partial charge on any atom is 0.292 e. The highest BCUT2D eigenvalue weighted by Crippen LogP contribution is 2.30. The lowest BCUT2D eigenvalue weighted by atomic mass is 10.0. The molecule has 0 amide bonds. The fraction of sp³-hybridized carbons (Fsp3) is 0.444. The van der Waals surface area contributed by atoms with Crippen LogP contribution in [-0.2, 0) is 0 Å². The quantitative estimate of drug-likeness (QED) is 0.658. The molecule has 1 aromatic rings. The Bertz CT molecular complexity index is 391. The molecule has 1 aromatic heterocycles. The molecule has 1 aliphatic heterocycles. The van der Waals surface area contributed by atoms with Crippen molar-refractivity contribution in [2.75, 3.05) is 13.1 Å². The molecule has 1 fully saturated rings. The Balaban J connectivity index is 2.40. The van der Waals surface area contributed by atoms with Gasteiger partial charge >= 0.3 is 0 Å². The third-order valence-electron chi connectivity index (χ3n) is 2.51. The zero-order valence-corrected chi connectivity index (χ0v) is 9.53. The lowest BCUT2D eigenvalue weighted by molar-refractivity contribution is -0.386. The fourth-order valence-corrected chi connectivity index (χ4v) is 2.11. The zero-order chi connectivity index (χ0) is 10.8. The zero-order valence-electron chi connectivity index (χ0n) is 7.94. The van der Waals surface area contributed by atoms with E-state index in [4.69, 9.17) is 0 Å². The number of halogens is 1. The summed E-state index contributed by atoms with van der Waals surface area (Å²) in [5.74, 6) is 0.165. The Hall–Kier alpha value is -1.01. The van der Waals surface area contributed by atoms with Gasteiger partial charge in [-0.3, -0.25) is 15.1 Å². The second-order valence-electron chi connectivity index (χ2n) is 3.50. The van der Waals surface area contributed by atoms with Crippen LogP contribution in [0.2, 0.25) is 0 Å². The van der Waals surface area contributed by atoms with Crippen LogP contribution in [0.4, 0.5) is 5.69 Å². The van der Waals surface area contributed by atoms with E-state index in [1.165, 1.54) is 6.07 Å². The van der Waals surface area contributed by atoms with Gasteiger partial charge in [0.15, 0.2) is 0 Å². The molecule has 1 N–H and O–H groups in total. The molecule has 2 heterocycles. The van der Waals surface area contributed by atoms with Crippen LogP contribution in [-0.4, -0.2) is 23.0 Å². The van der Waals surface area contributed by atoms with Crippen molar-refractivity contribution in [1.29, 1.82) is 0 Å². The standard InChI is InChI=1S/C9H10BrN3O2/c10-7-3-8(13(14)15)9(12-5-7)6-1-2-11-4-6/h3,5-6,11H,1-2,4H2. The van der Waals surface area contributed by atoms with Crippen LogP contribution >= 0.6 is 15.9 Å². The highest BCUT2D eigenvalue weighted by atomic mass is 79.9. The molecule has 0 bridgehead atoms. The normalized spacial score (nSPS) is 20.5. The fourth-order valence-electron chi connectivity index (χ4n) is 1.79. The van der Waals surface area contributed by atoms with Crippen molar-refractivity contribution in [2.45, 2.75) is 12.3 Å². The molecule has 1 atom stereocenters. The van der Waals surface area contributed by atoms with Crippen molar-refractivity contribution in [1.82, 2.24) is 10.3 Å². The van der Waals surface area contributed by atoms with Gasteiger partial charge in [-0.25, -0.2) is 0 Å². The number of hydrogen-bond acceptors (Lipinski definition) is 4. The summed E-state index contributed by atoms with van der Waals surface area (Å²) in [6.07, 6.45) is 2.52. The van der Waals surface area contributed by atoms with E-state index in [0.717, 1.165) is 19.5 Å². The van der Waals surface area contributed by atoms with Gasteiger partial charge in [0.2, 0.25) is 0 Å². The Kier molecular flexibility index (Phi) is 2.97. The van der Waals surface area contributed by atoms with Crippen LogP contribution in [0.1, 0.15) is 18.0 Å². The molecule has 6 heteroatoms. The van der Waals surface area contributed by atoms with Crippen molar-refractivity contribution in [3.63, 3.8) is 0 Å². The van der Waals surface area contributed by atoms with Gasteiger partial charge < -0.3 is 5.32 Å². The third kappa shape index (κ3) is 2.15. The predicted octanol–water partition coefficient (Wildman–Crippen LogP) is 1.83. The average molecular weight is 272 g/mol. The van der Waals surface area contributed by atoms with E-state index in [1.807, 2.05) is 0 Å². The summed E-state index contributed by atoms with van der Waals surface area (Å²) in [5, 5.41) is 14.0. The molecule has 0 saturated carbocycles. The summed E-state index contributed by atoms with van der Waals surface area (Å²) in [6, 6.07) is 1.51. The van der Waals surface area contributed by atoms with Crippen LogP contribution in [0.25, 0.3) is 0 Å². The minimum atomic E-state index is -0.370. The van der Waals surface area contributed by atoms with Gasteiger partial charge in [-0.1, -0.05) is 0 Å². The summed E-state index contributed by atoms with van der Waals surface area (Å²) in [5.41, 5.74) is 0.700. The molecule has 15 heavy (non-hydrogen) atoms. The van der Waals surface area contributed by atoms with Crippen molar-refractivity contribution in [2.24, 2.45) is 0 Å². The number of nitrogens with zero attached hydrogens (tertiary/aromatic N) is 2. The third-order valence-corrected chi connectivity index (χ3v) is 2.94. The highest BCUT2D eigenvalue weighted by molar-refractivity contribution is 9.10. The molecule has 0 spiro atoms. The van der Waals surface area contributed by atoms with Crippen LogP contribution in [0.3, 0.4) is 0 Å². The van der Waals surface area contributed by atoms with Crippen LogP contribution in [0, 0.1) is 10.1 Å². The van der Waals surface area contributed by atoms with E-state index in [9.17, 15) is 10.1 Å². The molecule has 0 aromatic carbocycles. The minimum Gasteiger partial charge on any atom is -0.316 e. The summed E-state index contributed by atoms with van der Waals surface area (Å²) >= 11 is 3.19. The molecule has 80 valence electrons. The maximum absolute atomic E-state index is 10.9. The highest BCUT2D eigenvalue weighted by Gasteiger charge is 2.26. The minimum absolute atomic E-state index is 0.109. The number of nitro groups is 1. The lowest BCUT2D eigenvalue weighted by Crippen LogP contribution is -2.10. The van der Waals surface area contributed by atoms with Crippen LogP contribution < -0.4 is 5.32 Å². The molecule has 0 aliphatic carbocycles. The van der Waals surface area contributed by atoms with E-state index < -0.39 is 0 Å². The second-order valence-corrected chi connectivity index (χ2v) is 4.42. The average Bonchev–Trinajstić information content (AvgIpc) is 2.70. The monoisotopic (exact) mass is 271 g/mol. The largest absolute Gasteiger partial charge is 0.316 e. The van der Waals surface area contributed by atoms with Gasteiger partial charge in [-0.15, -0.1) is 0 Å². The Morgan fingerprint density at radius 3 is 3.07 bits per heavy atom. The van der Waals surface area contributed by atoms with E-state index in [0.29, 0.717) is 10.2 Å². The summed E-state index contributed by atoms with van der Waals surface area (Å²) in [7, 11) is 0. The molecular weight excluding hydrogens is 262 g/mol. The van der Waals surface area contributed by atoms with Crippen molar-refractivity contribution in [3.05, 3.63) is 32.5 Å².